The average molecular weight is 327 g/mol. The third kappa shape index (κ3) is 3.08. The quantitative estimate of drug-likeness (QED) is 0.902. The van der Waals surface area contributed by atoms with Gasteiger partial charge in [0, 0.05) is 20.4 Å². The van der Waals surface area contributed by atoms with Crippen LogP contribution in [0.15, 0.2) is 28.1 Å². The molecule has 0 unspecified atom stereocenters. The van der Waals surface area contributed by atoms with E-state index in [1.54, 1.807) is 23.5 Å². The number of anilines is 1. The van der Waals surface area contributed by atoms with Crippen molar-refractivity contribution in [3.8, 4) is 0 Å². The number of rotatable bonds is 4. The Balaban J connectivity index is 2.17. The van der Waals surface area contributed by atoms with E-state index < -0.39 is 5.97 Å². The van der Waals surface area contributed by atoms with Gasteiger partial charge in [0.15, 0.2) is 0 Å². The third-order valence-corrected chi connectivity index (χ3v) is 4.01. The average Bonchev–Trinajstić information content (AvgIpc) is 2.72. The number of nitrogens with one attached hydrogen (secondary N) is 1. The minimum Gasteiger partial charge on any atom is -0.478 e. The van der Waals surface area contributed by atoms with Crippen LogP contribution in [-0.4, -0.2) is 16.1 Å². The van der Waals surface area contributed by atoms with Gasteiger partial charge in [-0.05, 0) is 41.1 Å². The number of thiophene rings is 1. The van der Waals surface area contributed by atoms with Gasteiger partial charge in [-0.25, -0.2) is 9.78 Å². The van der Waals surface area contributed by atoms with Crippen LogP contribution < -0.4 is 5.32 Å². The number of carboxylic acid groups (broad SMARTS) is 1. The summed E-state index contributed by atoms with van der Waals surface area (Å²) in [6.07, 6.45) is 0. The van der Waals surface area contributed by atoms with Gasteiger partial charge in [-0.3, -0.25) is 0 Å². The van der Waals surface area contributed by atoms with E-state index in [-0.39, 0.29) is 5.56 Å². The van der Waals surface area contributed by atoms with Crippen molar-refractivity contribution in [3.05, 3.63) is 44.2 Å². The molecular weight excluding hydrogens is 316 g/mol. The van der Waals surface area contributed by atoms with Crippen molar-refractivity contribution in [2.24, 2.45) is 0 Å². The summed E-state index contributed by atoms with van der Waals surface area (Å²) in [7, 11) is 0. The van der Waals surface area contributed by atoms with Crippen LogP contribution in [0.4, 0.5) is 5.82 Å². The molecule has 0 aromatic carbocycles. The first-order valence-electron chi connectivity index (χ1n) is 5.24. The molecular formula is C12H11BrN2O2S. The Morgan fingerprint density at radius 3 is 2.94 bits per heavy atom. The lowest BCUT2D eigenvalue weighted by Crippen LogP contribution is -2.08. The molecule has 0 aliphatic heterocycles. The van der Waals surface area contributed by atoms with Crippen LogP contribution in [-0.2, 0) is 6.54 Å². The minimum absolute atomic E-state index is 0.191. The normalized spacial score (nSPS) is 10.3. The molecule has 0 amide bonds. The molecule has 2 rings (SSSR count). The van der Waals surface area contributed by atoms with E-state index in [9.17, 15) is 4.79 Å². The summed E-state index contributed by atoms with van der Waals surface area (Å²) in [6, 6.07) is 5.25. The monoisotopic (exact) mass is 326 g/mol. The lowest BCUT2D eigenvalue weighted by atomic mass is 10.2. The number of pyridine rings is 1. The Morgan fingerprint density at radius 2 is 2.33 bits per heavy atom. The molecule has 4 nitrogen and oxygen atoms in total. The highest BCUT2D eigenvalue weighted by atomic mass is 79.9. The summed E-state index contributed by atoms with van der Waals surface area (Å²) < 4.78 is 1.03. The summed E-state index contributed by atoms with van der Waals surface area (Å²) in [6.45, 7) is 2.39. The topological polar surface area (TPSA) is 62.2 Å². The van der Waals surface area contributed by atoms with Crippen LogP contribution in [0.25, 0.3) is 0 Å². The number of nitrogens with zero attached hydrogens (tertiary/aromatic N) is 1. The van der Waals surface area contributed by atoms with Crippen molar-refractivity contribution in [3.63, 3.8) is 0 Å². The fourth-order valence-corrected chi connectivity index (χ4v) is 2.87. The van der Waals surface area contributed by atoms with Crippen molar-refractivity contribution >= 4 is 39.1 Å². The van der Waals surface area contributed by atoms with E-state index >= 15 is 0 Å². The number of aromatic nitrogens is 1. The van der Waals surface area contributed by atoms with Crippen LogP contribution in [0.1, 0.15) is 20.9 Å². The largest absolute Gasteiger partial charge is 0.478 e. The van der Waals surface area contributed by atoms with Gasteiger partial charge in [-0.15, -0.1) is 11.3 Å². The minimum atomic E-state index is -0.975. The highest BCUT2D eigenvalue weighted by Crippen LogP contribution is 2.21. The molecule has 18 heavy (non-hydrogen) atoms. The van der Waals surface area contributed by atoms with Gasteiger partial charge in [0.1, 0.15) is 11.4 Å². The number of carboxylic acids is 1. The number of halogens is 1. The Bertz CT molecular complexity index is 583. The van der Waals surface area contributed by atoms with Crippen molar-refractivity contribution in [2.45, 2.75) is 13.5 Å². The molecule has 6 heteroatoms. The molecule has 0 aliphatic rings. The zero-order chi connectivity index (χ0) is 13.1. The van der Waals surface area contributed by atoms with Gasteiger partial charge in [0.25, 0.3) is 0 Å². The Kier molecular flexibility index (Phi) is 3.98. The summed E-state index contributed by atoms with van der Waals surface area (Å²) in [5.41, 5.74) is 0.978. The third-order valence-electron chi connectivity index (χ3n) is 2.32. The molecule has 0 saturated heterocycles. The van der Waals surface area contributed by atoms with Crippen molar-refractivity contribution in [2.75, 3.05) is 5.32 Å². The predicted octanol–water partition coefficient (Wildman–Crippen LogP) is 3.52. The molecule has 2 aromatic heterocycles. The second-order valence-electron chi connectivity index (χ2n) is 3.74. The lowest BCUT2D eigenvalue weighted by molar-refractivity contribution is 0.0697. The van der Waals surface area contributed by atoms with Crippen LogP contribution in [0, 0.1) is 6.92 Å². The molecule has 0 bridgehead atoms. The Morgan fingerprint density at radius 1 is 1.56 bits per heavy atom. The molecule has 0 aliphatic carbocycles. The smallest absolute Gasteiger partial charge is 0.339 e. The maximum Gasteiger partial charge on any atom is 0.339 e. The summed E-state index contributed by atoms with van der Waals surface area (Å²) in [5, 5.41) is 14.1. The molecule has 0 saturated carbocycles. The van der Waals surface area contributed by atoms with E-state index in [0.717, 1.165) is 15.0 Å². The molecule has 0 fully saturated rings. The number of carbonyl (C=O) groups is 1. The first-order valence-corrected chi connectivity index (χ1v) is 6.91. The number of aromatic carboxylic acids is 1. The predicted molar refractivity (Wildman–Crippen MR) is 75.3 cm³/mol. The molecule has 0 spiro atoms. The number of aryl methyl sites for hydroxylation is 1. The maximum atomic E-state index is 11.1. The van der Waals surface area contributed by atoms with Gasteiger partial charge in [-0.2, -0.15) is 0 Å². The Hall–Kier alpha value is -1.40. The molecule has 2 heterocycles. The highest BCUT2D eigenvalue weighted by Gasteiger charge is 2.11. The highest BCUT2D eigenvalue weighted by molar-refractivity contribution is 9.10. The van der Waals surface area contributed by atoms with Gasteiger partial charge >= 0.3 is 5.97 Å². The van der Waals surface area contributed by atoms with E-state index in [1.165, 1.54) is 0 Å². The van der Waals surface area contributed by atoms with E-state index in [2.05, 4.69) is 26.2 Å². The van der Waals surface area contributed by atoms with Gasteiger partial charge in [0.05, 0.1) is 6.54 Å². The van der Waals surface area contributed by atoms with Crippen LogP contribution in [0.3, 0.4) is 0 Å². The van der Waals surface area contributed by atoms with E-state index in [1.807, 2.05) is 18.4 Å². The molecule has 2 N–H and O–H groups in total. The summed E-state index contributed by atoms with van der Waals surface area (Å²) in [4.78, 5) is 16.4. The van der Waals surface area contributed by atoms with Crippen molar-refractivity contribution in [1.29, 1.82) is 0 Å². The van der Waals surface area contributed by atoms with Gasteiger partial charge in [0.2, 0.25) is 0 Å². The van der Waals surface area contributed by atoms with Crippen LogP contribution in [0.2, 0.25) is 0 Å². The van der Waals surface area contributed by atoms with Crippen molar-refractivity contribution < 1.29 is 9.90 Å². The zero-order valence-corrected chi connectivity index (χ0v) is 12.0. The first kappa shape index (κ1) is 13.0. The molecule has 2 aromatic rings. The van der Waals surface area contributed by atoms with E-state index in [4.69, 9.17) is 5.11 Å². The molecule has 0 radical (unpaired) electrons. The zero-order valence-electron chi connectivity index (χ0n) is 9.61. The summed E-state index contributed by atoms with van der Waals surface area (Å²) >= 11 is 4.98. The lowest BCUT2D eigenvalue weighted by Gasteiger charge is -2.08. The van der Waals surface area contributed by atoms with Crippen LogP contribution in [0.5, 0.6) is 0 Å². The fraction of sp³-hybridized carbons (Fsp3) is 0.167. The fourth-order valence-electron chi connectivity index (χ4n) is 1.48. The number of hydrogen-bond acceptors (Lipinski definition) is 4. The van der Waals surface area contributed by atoms with E-state index in [0.29, 0.717) is 12.4 Å². The second-order valence-corrected chi connectivity index (χ2v) is 5.65. The first-order chi connectivity index (χ1) is 8.56. The molecule has 0 atom stereocenters. The standard InChI is InChI=1S/C12H11BrN2O2S/c1-7-2-3-10(12(16)17)11(15-7)14-5-9-4-8(13)6-18-9/h2-4,6H,5H2,1H3,(H,14,15)(H,16,17). The molecule has 94 valence electrons. The van der Waals surface area contributed by atoms with Crippen molar-refractivity contribution in [1.82, 2.24) is 4.98 Å². The second kappa shape index (κ2) is 5.49. The summed E-state index contributed by atoms with van der Waals surface area (Å²) in [5.74, 6) is -0.565. The maximum absolute atomic E-state index is 11.1. The van der Waals surface area contributed by atoms with Crippen LogP contribution >= 0.6 is 27.3 Å². The number of hydrogen-bond donors (Lipinski definition) is 2. The van der Waals surface area contributed by atoms with Gasteiger partial charge < -0.3 is 10.4 Å². The Labute approximate surface area is 117 Å². The van der Waals surface area contributed by atoms with Gasteiger partial charge in [-0.1, -0.05) is 0 Å². The SMILES string of the molecule is Cc1ccc(C(=O)O)c(NCc2cc(Br)cs2)n1.